The van der Waals surface area contributed by atoms with Gasteiger partial charge >= 0.3 is 5.97 Å². The first-order chi connectivity index (χ1) is 9.25. The van der Waals surface area contributed by atoms with Crippen molar-refractivity contribution in [3.8, 4) is 0 Å². The van der Waals surface area contributed by atoms with Crippen molar-refractivity contribution in [2.45, 2.75) is 37.8 Å². The molecule has 5 nitrogen and oxygen atoms in total. The molecule has 2 unspecified atom stereocenters. The zero-order valence-corrected chi connectivity index (χ0v) is 10.8. The molecule has 1 aromatic rings. The van der Waals surface area contributed by atoms with Crippen molar-refractivity contribution >= 4 is 11.8 Å². The molecule has 0 spiro atoms. The van der Waals surface area contributed by atoms with Crippen molar-refractivity contribution in [2.24, 2.45) is 0 Å². The number of morpholine rings is 1. The molecule has 0 bridgehead atoms. The van der Waals surface area contributed by atoms with E-state index in [0.717, 1.165) is 31.8 Å². The largest absolute Gasteiger partial charge is 0.478 e. The third-order valence-corrected chi connectivity index (χ3v) is 4.02. The molecular weight excluding hydrogens is 244 g/mol. The van der Waals surface area contributed by atoms with Gasteiger partial charge in [-0.3, -0.25) is 0 Å². The number of fused-ring (bicyclic) bond motifs is 1. The van der Waals surface area contributed by atoms with E-state index in [4.69, 9.17) is 9.84 Å². The van der Waals surface area contributed by atoms with Crippen molar-refractivity contribution in [3.05, 3.63) is 23.9 Å². The van der Waals surface area contributed by atoms with Crippen molar-refractivity contribution in [1.29, 1.82) is 0 Å². The summed E-state index contributed by atoms with van der Waals surface area (Å²) < 4.78 is 5.83. The second kappa shape index (κ2) is 5.17. The lowest BCUT2D eigenvalue weighted by Gasteiger charge is -2.44. The first kappa shape index (κ1) is 12.4. The fourth-order valence-electron chi connectivity index (χ4n) is 3.06. The van der Waals surface area contributed by atoms with Gasteiger partial charge in [-0.2, -0.15) is 0 Å². The Morgan fingerprint density at radius 3 is 2.95 bits per heavy atom. The number of aromatic carboxylic acids is 1. The summed E-state index contributed by atoms with van der Waals surface area (Å²) in [5.74, 6) is -0.0678. The number of pyridine rings is 1. The fourth-order valence-corrected chi connectivity index (χ4v) is 3.06. The van der Waals surface area contributed by atoms with E-state index in [9.17, 15) is 4.79 Å². The van der Waals surface area contributed by atoms with E-state index in [1.807, 2.05) is 0 Å². The molecule has 0 amide bonds. The number of carboxylic acid groups (broad SMARTS) is 1. The number of hydrogen-bond donors (Lipinski definition) is 1. The Kier molecular flexibility index (Phi) is 3.38. The third kappa shape index (κ3) is 2.42. The number of rotatable bonds is 2. The Bertz CT molecular complexity index is 458. The number of carboxylic acids is 1. The highest BCUT2D eigenvalue weighted by Crippen LogP contribution is 2.31. The first-order valence-corrected chi connectivity index (χ1v) is 6.83. The van der Waals surface area contributed by atoms with Gasteiger partial charge in [-0.25, -0.2) is 9.78 Å². The minimum Gasteiger partial charge on any atom is -0.478 e. The smallest absolute Gasteiger partial charge is 0.337 e. The monoisotopic (exact) mass is 262 g/mol. The lowest BCUT2D eigenvalue weighted by Crippen LogP contribution is -2.53. The molecule has 0 aromatic carbocycles. The second-order valence-electron chi connectivity index (χ2n) is 5.16. The molecule has 1 N–H and O–H groups in total. The van der Waals surface area contributed by atoms with Crippen LogP contribution in [0, 0.1) is 0 Å². The van der Waals surface area contributed by atoms with Gasteiger partial charge < -0.3 is 14.7 Å². The molecule has 1 saturated carbocycles. The van der Waals surface area contributed by atoms with E-state index in [1.165, 1.54) is 19.0 Å². The Balaban J connectivity index is 1.81. The van der Waals surface area contributed by atoms with Crippen LogP contribution in [0.3, 0.4) is 0 Å². The van der Waals surface area contributed by atoms with Gasteiger partial charge in [0.2, 0.25) is 0 Å². The molecule has 19 heavy (non-hydrogen) atoms. The highest BCUT2D eigenvalue weighted by Gasteiger charge is 2.34. The quantitative estimate of drug-likeness (QED) is 0.882. The zero-order valence-electron chi connectivity index (χ0n) is 10.8. The maximum atomic E-state index is 10.8. The van der Waals surface area contributed by atoms with Crippen LogP contribution in [-0.2, 0) is 4.74 Å². The Hall–Kier alpha value is -1.62. The third-order valence-electron chi connectivity index (χ3n) is 4.02. The summed E-state index contributed by atoms with van der Waals surface area (Å²) in [6, 6.07) is 3.82. The molecule has 1 aromatic heterocycles. The summed E-state index contributed by atoms with van der Waals surface area (Å²) in [7, 11) is 0. The fraction of sp³-hybridized carbons (Fsp3) is 0.571. The summed E-state index contributed by atoms with van der Waals surface area (Å²) in [5, 5.41) is 8.90. The van der Waals surface area contributed by atoms with Gasteiger partial charge in [0.1, 0.15) is 5.82 Å². The minimum absolute atomic E-state index is 0.234. The SMILES string of the molecule is O=C(O)c1ccc(N2CCOC3CCCCC32)nc1. The number of ether oxygens (including phenoxy) is 1. The van der Waals surface area contributed by atoms with Crippen molar-refractivity contribution in [2.75, 3.05) is 18.1 Å². The highest BCUT2D eigenvalue weighted by molar-refractivity contribution is 5.87. The molecular formula is C14H18N2O3. The maximum absolute atomic E-state index is 10.8. The molecule has 0 radical (unpaired) electrons. The van der Waals surface area contributed by atoms with Crippen molar-refractivity contribution in [3.63, 3.8) is 0 Å². The number of aromatic nitrogens is 1. The number of nitrogens with zero attached hydrogens (tertiary/aromatic N) is 2. The lowest BCUT2D eigenvalue weighted by molar-refractivity contribution is -0.00899. The van der Waals surface area contributed by atoms with Crippen LogP contribution in [0.15, 0.2) is 18.3 Å². The van der Waals surface area contributed by atoms with Crippen molar-refractivity contribution < 1.29 is 14.6 Å². The van der Waals surface area contributed by atoms with E-state index >= 15 is 0 Å². The van der Waals surface area contributed by atoms with E-state index in [2.05, 4.69) is 9.88 Å². The molecule has 1 aliphatic carbocycles. The van der Waals surface area contributed by atoms with E-state index < -0.39 is 5.97 Å². The zero-order chi connectivity index (χ0) is 13.2. The van der Waals surface area contributed by atoms with E-state index in [0.29, 0.717) is 12.1 Å². The van der Waals surface area contributed by atoms with Crippen LogP contribution in [-0.4, -0.2) is 41.4 Å². The molecule has 2 atom stereocenters. The van der Waals surface area contributed by atoms with Crippen LogP contribution in [0.4, 0.5) is 5.82 Å². The molecule has 102 valence electrons. The highest BCUT2D eigenvalue weighted by atomic mass is 16.5. The Morgan fingerprint density at radius 1 is 1.37 bits per heavy atom. The Morgan fingerprint density at radius 2 is 2.21 bits per heavy atom. The van der Waals surface area contributed by atoms with E-state index in [1.54, 1.807) is 12.1 Å². The number of anilines is 1. The average molecular weight is 262 g/mol. The molecule has 3 rings (SSSR count). The summed E-state index contributed by atoms with van der Waals surface area (Å²) in [6.07, 6.45) is 6.46. The lowest BCUT2D eigenvalue weighted by atomic mass is 9.90. The Labute approximate surface area is 112 Å². The maximum Gasteiger partial charge on any atom is 0.337 e. The van der Waals surface area contributed by atoms with Crippen LogP contribution in [0.5, 0.6) is 0 Å². The van der Waals surface area contributed by atoms with Gasteiger partial charge in [-0.15, -0.1) is 0 Å². The standard InChI is InChI=1S/C14H18N2O3/c17-14(18)10-5-6-13(15-9-10)16-7-8-19-12-4-2-1-3-11(12)16/h5-6,9,11-12H,1-4,7-8H2,(H,17,18). The second-order valence-corrected chi connectivity index (χ2v) is 5.16. The summed E-state index contributed by atoms with van der Waals surface area (Å²) >= 11 is 0. The van der Waals surface area contributed by atoms with Gasteiger partial charge in [0, 0.05) is 12.7 Å². The van der Waals surface area contributed by atoms with Crippen LogP contribution < -0.4 is 4.90 Å². The van der Waals surface area contributed by atoms with Crippen LogP contribution in [0.2, 0.25) is 0 Å². The molecule has 2 heterocycles. The van der Waals surface area contributed by atoms with Crippen LogP contribution >= 0.6 is 0 Å². The first-order valence-electron chi connectivity index (χ1n) is 6.83. The molecule has 1 aliphatic heterocycles. The van der Waals surface area contributed by atoms with Gasteiger partial charge in [0.15, 0.2) is 0 Å². The summed E-state index contributed by atoms with van der Waals surface area (Å²) in [6.45, 7) is 1.56. The van der Waals surface area contributed by atoms with Gasteiger partial charge in [-0.05, 0) is 25.0 Å². The van der Waals surface area contributed by atoms with Crippen molar-refractivity contribution in [1.82, 2.24) is 4.98 Å². The number of carbonyl (C=O) groups is 1. The normalized spacial score (nSPS) is 26.8. The topological polar surface area (TPSA) is 62.7 Å². The molecule has 1 saturated heterocycles. The summed E-state index contributed by atoms with van der Waals surface area (Å²) in [5.41, 5.74) is 0.234. The van der Waals surface area contributed by atoms with Gasteiger partial charge in [-0.1, -0.05) is 12.8 Å². The molecule has 5 heteroatoms. The number of hydrogen-bond acceptors (Lipinski definition) is 4. The minimum atomic E-state index is -0.934. The van der Waals surface area contributed by atoms with Gasteiger partial charge in [0.25, 0.3) is 0 Å². The predicted octanol–water partition coefficient (Wildman–Crippen LogP) is 1.93. The predicted molar refractivity (Wildman–Crippen MR) is 70.5 cm³/mol. The van der Waals surface area contributed by atoms with Crippen LogP contribution in [0.25, 0.3) is 0 Å². The summed E-state index contributed by atoms with van der Waals surface area (Å²) in [4.78, 5) is 17.4. The van der Waals surface area contributed by atoms with Gasteiger partial charge in [0.05, 0.1) is 24.3 Å². The average Bonchev–Trinajstić information content (AvgIpc) is 2.47. The molecule has 2 fully saturated rings. The molecule has 2 aliphatic rings. The van der Waals surface area contributed by atoms with Crippen LogP contribution in [0.1, 0.15) is 36.0 Å². The van der Waals surface area contributed by atoms with E-state index in [-0.39, 0.29) is 5.56 Å².